The maximum atomic E-state index is 13.0. The fourth-order valence-electron chi connectivity index (χ4n) is 2.95. The highest BCUT2D eigenvalue weighted by atomic mass is 31.0. The number of hydrogen-bond acceptors (Lipinski definition) is 6. The maximum Gasteiger partial charge on any atom is 0.359 e. The lowest BCUT2D eigenvalue weighted by molar-refractivity contribution is -0.148. The molecule has 7 nitrogen and oxygen atoms in total. The summed E-state index contributed by atoms with van der Waals surface area (Å²) >= 11 is 0. The van der Waals surface area contributed by atoms with Gasteiger partial charge in [-0.1, -0.05) is 0 Å². The molecule has 1 aliphatic heterocycles. The first-order chi connectivity index (χ1) is 14.1. The summed E-state index contributed by atoms with van der Waals surface area (Å²) in [6.45, 7) is 0.252. The summed E-state index contributed by atoms with van der Waals surface area (Å²) in [6.07, 6.45) is -1.21. The number of aryl methyl sites for hydroxylation is 1. The number of carbonyl (C=O) groups is 2. The number of halogens is 4. The summed E-state index contributed by atoms with van der Waals surface area (Å²) in [6, 6.07) is 3.05. The highest BCUT2D eigenvalue weighted by Gasteiger charge is 2.42. The van der Waals surface area contributed by atoms with Gasteiger partial charge in [0.25, 0.3) is 5.91 Å². The molecular weight excluding hydrogens is 429 g/mol. The van der Waals surface area contributed by atoms with Crippen LogP contribution in [0.2, 0.25) is 0 Å². The minimum absolute atomic E-state index is 0.0383. The van der Waals surface area contributed by atoms with E-state index in [1.165, 1.54) is 30.3 Å². The lowest BCUT2D eigenvalue weighted by atomic mass is 10.1. The van der Waals surface area contributed by atoms with Crippen molar-refractivity contribution in [3.8, 4) is 5.88 Å². The summed E-state index contributed by atoms with van der Waals surface area (Å²) in [5.74, 6) is -5.50. The minimum Gasteiger partial charge on any atom is -0.471 e. The first-order valence-electron chi connectivity index (χ1n) is 8.56. The van der Waals surface area contributed by atoms with Crippen molar-refractivity contribution < 1.29 is 36.4 Å². The zero-order valence-corrected chi connectivity index (χ0v) is 16.7. The van der Waals surface area contributed by atoms with E-state index in [0.29, 0.717) is 22.3 Å². The van der Waals surface area contributed by atoms with E-state index >= 15 is 0 Å². The molecule has 3 heterocycles. The summed E-state index contributed by atoms with van der Waals surface area (Å²) in [5.41, 5.74) is 1.71. The van der Waals surface area contributed by atoms with Gasteiger partial charge in [0.1, 0.15) is 0 Å². The van der Waals surface area contributed by atoms with Crippen molar-refractivity contribution in [2.75, 3.05) is 6.61 Å². The molecule has 0 bridgehead atoms. The summed E-state index contributed by atoms with van der Waals surface area (Å²) in [7, 11) is 1.83. The van der Waals surface area contributed by atoms with Gasteiger partial charge in [0, 0.05) is 42.2 Å². The van der Waals surface area contributed by atoms with Crippen molar-refractivity contribution in [2.24, 2.45) is 0 Å². The normalized spacial score (nSPS) is 13.6. The number of fused-ring (bicyclic) bond motifs is 1. The van der Waals surface area contributed by atoms with Crippen LogP contribution in [-0.2, 0) is 17.6 Å². The molecule has 0 fully saturated rings. The molecule has 0 aliphatic carbocycles. The average molecular weight is 445 g/mol. The second kappa shape index (κ2) is 8.51. The number of ether oxygens (including phenoxy) is 1. The molecule has 3 rings (SSSR count). The molecule has 1 unspecified atom stereocenters. The van der Waals surface area contributed by atoms with Crippen LogP contribution in [0.15, 0.2) is 24.5 Å². The van der Waals surface area contributed by atoms with Gasteiger partial charge in [0.15, 0.2) is 12.3 Å². The van der Waals surface area contributed by atoms with Crippen LogP contribution in [0.3, 0.4) is 0 Å². The third-order valence-corrected chi connectivity index (χ3v) is 4.62. The van der Waals surface area contributed by atoms with Gasteiger partial charge >= 0.3 is 18.3 Å². The molecule has 0 N–H and O–H groups in total. The van der Waals surface area contributed by atoms with Crippen LogP contribution < -0.4 is 4.74 Å². The van der Waals surface area contributed by atoms with E-state index in [9.17, 15) is 27.2 Å². The Kier molecular flexibility index (Phi) is 6.21. The van der Waals surface area contributed by atoms with Gasteiger partial charge in [-0.25, -0.2) is 23.5 Å². The Morgan fingerprint density at radius 3 is 2.73 bits per heavy atom. The molecular formula is C18H16F4N3O4P. The van der Waals surface area contributed by atoms with Gasteiger partial charge < -0.3 is 14.2 Å². The van der Waals surface area contributed by atoms with E-state index in [4.69, 9.17) is 4.74 Å². The van der Waals surface area contributed by atoms with Crippen molar-refractivity contribution >= 4 is 21.3 Å². The Morgan fingerprint density at radius 1 is 1.37 bits per heavy atom. The zero-order valence-electron chi connectivity index (χ0n) is 15.6. The first kappa shape index (κ1) is 21.9. The predicted molar refractivity (Wildman–Crippen MR) is 98.4 cm³/mol. The summed E-state index contributed by atoms with van der Waals surface area (Å²) in [4.78, 5) is 33.8. The lowest BCUT2D eigenvalue weighted by Gasteiger charge is -2.18. The van der Waals surface area contributed by atoms with E-state index in [-0.39, 0.29) is 30.6 Å². The Balaban J connectivity index is 1.72. The first-order valence-corrected chi connectivity index (χ1v) is 9.03. The number of pyridine rings is 2. The highest BCUT2D eigenvalue weighted by molar-refractivity contribution is 7.10. The molecule has 0 radical (unpaired) electrons. The van der Waals surface area contributed by atoms with E-state index in [1.807, 2.05) is 9.47 Å². The SMILES string of the molecule is Cc1cc(CN2Cc3c(ccnc3C(=O)OP)C2=O)cnc1OCC(F)(F)C(F)F. The summed E-state index contributed by atoms with van der Waals surface area (Å²) in [5, 5.41) is 0. The number of carbonyl (C=O) groups excluding carboxylic acids is 2. The zero-order chi connectivity index (χ0) is 22.1. The van der Waals surface area contributed by atoms with Crippen LogP contribution in [0.25, 0.3) is 0 Å². The second-order valence-electron chi connectivity index (χ2n) is 6.57. The number of hydrogen-bond donors (Lipinski definition) is 0. The minimum atomic E-state index is -4.29. The quantitative estimate of drug-likeness (QED) is 0.481. The number of rotatable bonds is 7. The Hall–Kier alpha value is -2.81. The van der Waals surface area contributed by atoms with E-state index in [2.05, 4.69) is 14.5 Å². The van der Waals surface area contributed by atoms with Crippen molar-refractivity contribution in [1.82, 2.24) is 14.9 Å². The number of nitrogens with zero attached hydrogens (tertiary/aromatic N) is 3. The molecule has 0 aromatic carbocycles. The van der Waals surface area contributed by atoms with Gasteiger partial charge in [0.2, 0.25) is 5.88 Å². The van der Waals surface area contributed by atoms with Crippen molar-refractivity contribution in [1.29, 1.82) is 0 Å². The van der Waals surface area contributed by atoms with Crippen LogP contribution in [-0.4, -0.2) is 45.7 Å². The number of amides is 1. The Labute approximate surface area is 170 Å². The highest BCUT2D eigenvalue weighted by Crippen LogP contribution is 2.28. The van der Waals surface area contributed by atoms with Gasteiger partial charge in [0.05, 0.1) is 9.47 Å². The number of aromatic nitrogens is 2. The molecule has 0 saturated carbocycles. The molecule has 2 aromatic heterocycles. The van der Waals surface area contributed by atoms with Crippen molar-refractivity contribution in [3.05, 3.63) is 52.5 Å². The Bertz CT molecular complexity index is 990. The number of alkyl halides is 4. The van der Waals surface area contributed by atoms with Crippen LogP contribution in [0, 0.1) is 6.92 Å². The topological polar surface area (TPSA) is 81.6 Å². The third-order valence-electron chi connectivity index (χ3n) is 4.40. The monoisotopic (exact) mass is 445 g/mol. The molecule has 0 saturated heterocycles. The van der Waals surface area contributed by atoms with Crippen LogP contribution in [0.5, 0.6) is 5.88 Å². The Morgan fingerprint density at radius 2 is 2.10 bits per heavy atom. The largest absolute Gasteiger partial charge is 0.471 e. The molecule has 160 valence electrons. The van der Waals surface area contributed by atoms with Crippen LogP contribution >= 0.6 is 9.47 Å². The molecule has 30 heavy (non-hydrogen) atoms. The average Bonchev–Trinajstić information content (AvgIpc) is 3.02. The fraction of sp³-hybridized carbons (Fsp3) is 0.333. The third kappa shape index (κ3) is 4.35. The van der Waals surface area contributed by atoms with Gasteiger partial charge in [-0.2, -0.15) is 8.78 Å². The molecule has 0 spiro atoms. The molecule has 12 heteroatoms. The van der Waals surface area contributed by atoms with E-state index in [1.54, 1.807) is 6.07 Å². The molecule has 1 amide bonds. The van der Waals surface area contributed by atoms with Crippen LogP contribution in [0.4, 0.5) is 17.6 Å². The van der Waals surface area contributed by atoms with Crippen molar-refractivity contribution in [2.45, 2.75) is 32.4 Å². The second-order valence-corrected chi connectivity index (χ2v) is 6.80. The molecule has 2 aromatic rings. The molecule has 1 atom stereocenters. The molecule has 1 aliphatic rings. The summed E-state index contributed by atoms with van der Waals surface area (Å²) < 4.78 is 59.8. The fourth-order valence-corrected chi connectivity index (χ4v) is 3.06. The van der Waals surface area contributed by atoms with Gasteiger partial charge in [-0.3, -0.25) is 4.79 Å². The predicted octanol–water partition coefficient (Wildman–Crippen LogP) is 3.17. The van der Waals surface area contributed by atoms with Gasteiger partial charge in [-0.05, 0) is 24.6 Å². The lowest BCUT2D eigenvalue weighted by Crippen LogP contribution is -2.34. The van der Waals surface area contributed by atoms with E-state index in [0.717, 1.165) is 0 Å². The smallest absolute Gasteiger partial charge is 0.359 e. The van der Waals surface area contributed by atoms with Crippen molar-refractivity contribution in [3.63, 3.8) is 0 Å². The van der Waals surface area contributed by atoms with E-state index < -0.39 is 24.9 Å². The standard InChI is InChI=1S/C18H16F4N3O4P/c1-9-4-10(5-24-14(9)28-8-18(21,22)17(19)20)6-25-7-12-11(15(25)26)2-3-23-13(12)16(27)29-30/h2-5,17H,6-8,30H2,1H3. The van der Waals surface area contributed by atoms with Gasteiger partial charge in [-0.15, -0.1) is 0 Å². The van der Waals surface area contributed by atoms with Crippen LogP contribution in [0.1, 0.15) is 37.5 Å². The maximum absolute atomic E-state index is 13.0.